The molecule has 0 aromatic carbocycles. The molecule has 0 amide bonds. The van der Waals surface area contributed by atoms with Gasteiger partial charge in [-0.05, 0) is 12.1 Å². The van der Waals surface area contributed by atoms with Gasteiger partial charge in [0.2, 0.25) is 0 Å². The van der Waals surface area contributed by atoms with Crippen LogP contribution in [0.4, 0.5) is 0 Å². The zero-order valence-corrected chi connectivity index (χ0v) is 13.2. The molecule has 0 fully saturated rings. The molecule has 0 saturated carbocycles. The van der Waals surface area contributed by atoms with E-state index < -0.39 is 5.97 Å². The largest absolute Gasteiger partial charge is 0.477 e. The third kappa shape index (κ3) is 3.80. The van der Waals surface area contributed by atoms with Crippen molar-refractivity contribution in [3.8, 4) is 0 Å². The molecule has 0 radical (unpaired) electrons. The second-order valence-electron chi connectivity index (χ2n) is 5.36. The topological polar surface area (TPSA) is 63.1 Å². The van der Waals surface area contributed by atoms with E-state index in [4.69, 9.17) is 5.11 Å². The quantitative estimate of drug-likeness (QED) is 0.870. The number of aromatic nitrogens is 2. The summed E-state index contributed by atoms with van der Waals surface area (Å²) in [4.78, 5) is 20.2. The first-order valence-electron chi connectivity index (χ1n) is 6.13. The second kappa shape index (κ2) is 5.93. The van der Waals surface area contributed by atoms with E-state index in [9.17, 15) is 4.79 Å². The van der Waals surface area contributed by atoms with Crippen molar-refractivity contribution in [2.75, 3.05) is 0 Å². The van der Waals surface area contributed by atoms with Gasteiger partial charge in [-0.15, -0.1) is 23.1 Å². The van der Waals surface area contributed by atoms with E-state index in [2.05, 4.69) is 36.1 Å². The minimum absolute atomic E-state index is 0.0702. The number of thiazole rings is 1. The van der Waals surface area contributed by atoms with E-state index in [1.807, 2.05) is 6.07 Å². The molecule has 20 heavy (non-hydrogen) atoms. The summed E-state index contributed by atoms with van der Waals surface area (Å²) in [6.45, 7) is 6.43. The first kappa shape index (κ1) is 15.0. The van der Waals surface area contributed by atoms with Gasteiger partial charge in [-0.2, -0.15) is 0 Å². The Kier molecular flexibility index (Phi) is 4.45. The average molecular weight is 308 g/mol. The van der Waals surface area contributed by atoms with Crippen molar-refractivity contribution >= 4 is 29.1 Å². The molecule has 0 atom stereocenters. The number of carboxylic acids is 1. The fourth-order valence-electron chi connectivity index (χ4n) is 1.49. The van der Waals surface area contributed by atoms with Gasteiger partial charge in [0, 0.05) is 27.6 Å². The number of hydrogen-bond acceptors (Lipinski definition) is 5. The Hall–Kier alpha value is -1.40. The molecule has 2 aromatic rings. The van der Waals surface area contributed by atoms with E-state index >= 15 is 0 Å². The predicted octanol–water partition coefficient (Wildman–Crippen LogP) is 3.83. The number of aromatic carboxylic acids is 1. The molecular weight excluding hydrogens is 292 g/mol. The normalized spacial score (nSPS) is 11.6. The van der Waals surface area contributed by atoms with Crippen LogP contribution in [0.15, 0.2) is 28.6 Å². The molecule has 0 aliphatic carbocycles. The standard InChI is InChI=1S/C14H16N2O2S2/c1-14(2,3)13-16-9(8-20-13)7-19-10-4-5-15-11(6-10)12(17)18/h4-6,8H,7H2,1-3H3,(H,17,18). The molecule has 0 aliphatic rings. The molecule has 1 N–H and O–H groups in total. The average Bonchev–Trinajstić information content (AvgIpc) is 2.85. The summed E-state index contributed by atoms with van der Waals surface area (Å²) in [5.74, 6) is -0.272. The third-order valence-electron chi connectivity index (χ3n) is 2.53. The van der Waals surface area contributed by atoms with Crippen LogP contribution in [0.25, 0.3) is 0 Å². The van der Waals surface area contributed by atoms with Gasteiger partial charge in [0.15, 0.2) is 0 Å². The van der Waals surface area contributed by atoms with Crippen molar-refractivity contribution in [3.63, 3.8) is 0 Å². The summed E-state index contributed by atoms with van der Waals surface area (Å²) in [6.07, 6.45) is 1.52. The molecule has 0 spiro atoms. The fourth-order valence-corrected chi connectivity index (χ4v) is 3.32. The van der Waals surface area contributed by atoms with Gasteiger partial charge in [0.25, 0.3) is 0 Å². The monoisotopic (exact) mass is 308 g/mol. The van der Waals surface area contributed by atoms with Gasteiger partial charge in [-0.1, -0.05) is 20.8 Å². The number of pyridine rings is 1. The lowest BCUT2D eigenvalue weighted by molar-refractivity contribution is 0.0690. The zero-order chi connectivity index (χ0) is 14.8. The van der Waals surface area contributed by atoms with Crippen LogP contribution in [0.5, 0.6) is 0 Å². The number of rotatable bonds is 4. The highest BCUT2D eigenvalue weighted by Gasteiger charge is 2.17. The van der Waals surface area contributed by atoms with Gasteiger partial charge in [0.05, 0.1) is 10.7 Å². The van der Waals surface area contributed by atoms with Gasteiger partial charge in [-0.25, -0.2) is 14.8 Å². The van der Waals surface area contributed by atoms with Crippen LogP contribution in [0.2, 0.25) is 0 Å². The number of hydrogen-bond donors (Lipinski definition) is 1. The number of nitrogens with zero attached hydrogens (tertiary/aromatic N) is 2. The van der Waals surface area contributed by atoms with E-state index in [-0.39, 0.29) is 11.1 Å². The lowest BCUT2D eigenvalue weighted by Crippen LogP contribution is -2.10. The SMILES string of the molecule is CC(C)(C)c1nc(CSc2ccnc(C(=O)O)c2)cs1. The molecule has 0 unspecified atom stereocenters. The predicted molar refractivity (Wildman–Crippen MR) is 81.6 cm³/mol. The van der Waals surface area contributed by atoms with Crippen LogP contribution in [0.3, 0.4) is 0 Å². The lowest BCUT2D eigenvalue weighted by Gasteiger charge is -2.13. The van der Waals surface area contributed by atoms with E-state index in [0.29, 0.717) is 0 Å². The lowest BCUT2D eigenvalue weighted by atomic mass is 9.98. The Labute approximate surface area is 126 Å². The maximum absolute atomic E-state index is 10.9. The first-order chi connectivity index (χ1) is 9.36. The Morgan fingerprint density at radius 2 is 2.20 bits per heavy atom. The van der Waals surface area contributed by atoms with Crippen molar-refractivity contribution < 1.29 is 9.90 Å². The van der Waals surface area contributed by atoms with Crippen LogP contribution >= 0.6 is 23.1 Å². The molecule has 0 aliphatic heterocycles. The maximum atomic E-state index is 10.9. The molecule has 6 heteroatoms. The van der Waals surface area contributed by atoms with Crippen LogP contribution in [0.1, 0.15) is 42.0 Å². The zero-order valence-electron chi connectivity index (χ0n) is 11.6. The minimum atomic E-state index is -1.00. The number of carbonyl (C=O) groups is 1. The Bertz CT molecular complexity index is 618. The van der Waals surface area contributed by atoms with Crippen LogP contribution in [-0.4, -0.2) is 21.0 Å². The van der Waals surface area contributed by atoms with Gasteiger partial charge in [-0.3, -0.25) is 0 Å². The Morgan fingerprint density at radius 3 is 2.80 bits per heavy atom. The molecule has 2 rings (SSSR count). The van der Waals surface area contributed by atoms with Crippen molar-refractivity contribution in [3.05, 3.63) is 40.1 Å². The van der Waals surface area contributed by atoms with Crippen molar-refractivity contribution in [1.82, 2.24) is 9.97 Å². The molecule has 2 heterocycles. The van der Waals surface area contributed by atoms with E-state index in [1.165, 1.54) is 6.20 Å². The fraction of sp³-hybridized carbons (Fsp3) is 0.357. The highest BCUT2D eigenvalue weighted by Crippen LogP contribution is 2.28. The number of thioether (sulfide) groups is 1. The van der Waals surface area contributed by atoms with E-state index in [1.54, 1.807) is 29.2 Å². The minimum Gasteiger partial charge on any atom is -0.477 e. The van der Waals surface area contributed by atoms with Crippen LogP contribution in [-0.2, 0) is 11.2 Å². The third-order valence-corrected chi connectivity index (χ3v) is 4.87. The van der Waals surface area contributed by atoms with Gasteiger partial charge in [0.1, 0.15) is 5.69 Å². The van der Waals surface area contributed by atoms with Crippen molar-refractivity contribution in [1.29, 1.82) is 0 Å². The Morgan fingerprint density at radius 1 is 1.45 bits per heavy atom. The molecule has 0 bridgehead atoms. The van der Waals surface area contributed by atoms with Gasteiger partial charge >= 0.3 is 5.97 Å². The summed E-state index contributed by atoms with van der Waals surface area (Å²) in [7, 11) is 0. The summed E-state index contributed by atoms with van der Waals surface area (Å²) < 4.78 is 0. The Balaban J connectivity index is 2.04. The van der Waals surface area contributed by atoms with Crippen molar-refractivity contribution in [2.24, 2.45) is 0 Å². The maximum Gasteiger partial charge on any atom is 0.354 e. The smallest absolute Gasteiger partial charge is 0.354 e. The van der Waals surface area contributed by atoms with E-state index in [0.717, 1.165) is 21.3 Å². The van der Waals surface area contributed by atoms with Gasteiger partial charge < -0.3 is 5.11 Å². The first-order valence-corrected chi connectivity index (χ1v) is 8.00. The summed E-state index contributed by atoms with van der Waals surface area (Å²) >= 11 is 3.24. The summed E-state index contributed by atoms with van der Waals surface area (Å²) in [6, 6.07) is 3.40. The molecule has 2 aromatic heterocycles. The molecular formula is C14H16N2O2S2. The number of carboxylic acid groups (broad SMARTS) is 1. The summed E-state index contributed by atoms with van der Waals surface area (Å²) in [5, 5.41) is 12.1. The highest BCUT2D eigenvalue weighted by atomic mass is 32.2. The molecule has 4 nitrogen and oxygen atoms in total. The summed E-state index contributed by atoms with van der Waals surface area (Å²) in [5.41, 5.74) is 1.17. The van der Waals surface area contributed by atoms with Crippen LogP contribution in [0, 0.1) is 0 Å². The van der Waals surface area contributed by atoms with Crippen LogP contribution < -0.4 is 0 Å². The highest BCUT2D eigenvalue weighted by molar-refractivity contribution is 7.98. The second-order valence-corrected chi connectivity index (χ2v) is 7.27. The molecule has 0 saturated heterocycles. The molecule has 106 valence electrons. The van der Waals surface area contributed by atoms with Crippen molar-refractivity contribution in [2.45, 2.75) is 36.8 Å².